The van der Waals surface area contributed by atoms with E-state index in [9.17, 15) is 14.4 Å². The second-order valence-electron chi connectivity index (χ2n) is 7.47. The number of ether oxygens (including phenoxy) is 1. The highest BCUT2D eigenvalue weighted by atomic mass is 35.5. The van der Waals surface area contributed by atoms with E-state index in [4.69, 9.17) is 16.3 Å². The van der Waals surface area contributed by atoms with Crippen LogP contribution in [0.5, 0.6) is 5.75 Å². The molecule has 0 radical (unpaired) electrons. The number of carbonyl (C=O) groups is 3. The molecule has 1 saturated heterocycles. The van der Waals surface area contributed by atoms with Crippen molar-refractivity contribution in [2.75, 3.05) is 32.6 Å². The minimum atomic E-state index is -0.383. The van der Waals surface area contributed by atoms with Crippen LogP contribution in [-0.4, -0.2) is 60.8 Å². The molecule has 0 unspecified atom stereocenters. The summed E-state index contributed by atoms with van der Waals surface area (Å²) in [6, 6.07) is 5.19. The molecule has 2 fully saturated rings. The van der Waals surface area contributed by atoms with Gasteiger partial charge in [-0.3, -0.25) is 14.4 Å². The largest absolute Gasteiger partial charge is 0.495 e. The number of benzene rings is 1. The lowest BCUT2D eigenvalue weighted by Gasteiger charge is -2.25. The Bertz CT molecular complexity index is 764. The van der Waals surface area contributed by atoms with Gasteiger partial charge in [0, 0.05) is 31.1 Å². The number of methoxy groups -OCH3 is 1. The summed E-state index contributed by atoms with van der Waals surface area (Å²) in [5.74, 6) is -0.380. The Balaban J connectivity index is 1.56. The van der Waals surface area contributed by atoms with Crippen LogP contribution in [-0.2, 0) is 14.4 Å². The minimum absolute atomic E-state index is 0.0479. The van der Waals surface area contributed by atoms with Crippen molar-refractivity contribution in [2.45, 2.75) is 38.1 Å². The fourth-order valence-electron chi connectivity index (χ4n) is 4.04. The maximum Gasteiger partial charge on any atom is 0.244 e. The van der Waals surface area contributed by atoms with Crippen molar-refractivity contribution >= 4 is 35.0 Å². The van der Waals surface area contributed by atoms with Crippen LogP contribution in [0.15, 0.2) is 18.2 Å². The van der Waals surface area contributed by atoms with Gasteiger partial charge in [-0.1, -0.05) is 24.4 Å². The molecule has 8 heteroatoms. The Kier molecular flexibility index (Phi) is 6.44. The van der Waals surface area contributed by atoms with Crippen LogP contribution in [0.4, 0.5) is 5.69 Å². The van der Waals surface area contributed by atoms with E-state index in [1.54, 1.807) is 25.2 Å². The zero-order valence-corrected chi connectivity index (χ0v) is 17.0. The van der Waals surface area contributed by atoms with E-state index in [0.717, 1.165) is 25.7 Å². The second kappa shape index (κ2) is 8.82. The third kappa shape index (κ3) is 4.58. The third-order valence-electron chi connectivity index (χ3n) is 5.47. The Morgan fingerprint density at radius 1 is 1.32 bits per heavy atom. The molecular weight excluding hydrogens is 382 g/mol. The van der Waals surface area contributed by atoms with Gasteiger partial charge in [0.1, 0.15) is 5.75 Å². The van der Waals surface area contributed by atoms with E-state index in [-0.39, 0.29) is 42.6 Å². The molecule has 7 nitrogen and oxygen atoms in total. The van der Waals surface area contributed by atoms with Crippen LogP contribution < -0.4 is 10.1 Å². The third-order valence-corrected chi connectivity index (χ3v) is 5.70. The average molecular weight is 408 g/mol. The smallest absolute Gasteiger partial charge is 0.244 e. The van der Waals surface area contributed by atoms with Gasteiger partial charge in [-0.05, 0) is 31.0 Å². The zero-order chi connectivity index (χ0) is 20.3. The fourth-order valence-corrected chi connectivity index (χ4v) is 4.21. The van der Waals surface area contributed by atoms with Crippen molar-refractivity contribution in [3.05, 3.63) is 23.2 Å². The lowest BCUT2D eigenvalue weighted by Crippen LogP contribution is -2.40. The van der Waals surface area contributed by atoms with Crippen molar-refractivity contribution in [3.63, 3.8) is 0 Å². The number of amides is 3. The molecule has 2 aliphatic rings. The number of carbonyl (C=O) groups excluding carboxylic acids is 3. The highest BCUT2D eigenvalue weighted by Gasteiger charge is 2.39. The highest BCUT2D eigenvalue weighted by molar-refractivity contribution is 6.31. The van der Waals surface area contributed by atoms with Crippen LogP contribution in [0.2, 0.25) is 5.02 Å². The van der Waals surface area contributed by atoms with Crippen molar-refractivity contribution in [1.82, 2.24) is 9.80 Å². The number of likely N-dealkylation sites (N-methyl/N-ethyl adjacent to an activating group) is 1. The zero-order valence-electron chi connectivity index (χ0n) is 16.2. The number of nitrogens with zero attached hydrogens (tertiary/aromatic N) is 2. The van der Waals surface area contributed by atoms with Gasteiger partial charge in [0.15, 0.2) is 0 Å². The molecule has 0 bridgehead atoms. The van der Waals surface area contributed by atoms with Crippen LogP contribution in [0.3, 0.4) is 0 Å². The number of halogens is 1. The van der Waals surface area contributed by atoms with Gasteiger partial charge in [0.2, 0.25) is 17.7 Å². The molecule has 1 aromatic rings. The number of hydrogen-bond donors (Lipinski definition) is 1. The summed E-state index contributed by atoms with van der Waals surface area (Å²) in [6.45, 7) is 0.346. The van der Waals surface area contributed by atoms with E-state index in [1.807, 2.05) is 4.90 Å². The Morgan fingerprint density at radius 2 is 2.04 bits per heavy atom. The first kappa shape index (κ1) is 20.5. The maximum atomic E-state index is 12.7. The summed E-state index contributed by atoms with van der Waals surface area (Å²) >= 11 is 5.97. The molecule has 0 spiro atoms. The van der Waals surface area contributed by atoms with Gasteiger partial charge in [-0.25, -0.2) is 0 Å². The van der Waals surface area contributed by atoms with E-state index >= 15 is 0 Å². The average Bonchev–Trinajstić information content (AvgIpc) is 3.30. The van der Waals surface area contributed by atoms with Gasteiger partial charge < -0.3 is 19.9 Å². The van der Waals surface area contributed by atoms with Gasteiger partial charge in [0.25, 0.3) is 0 Å². The molecule has 28 heavy (non-hydrogen) atoms. The highest BCUT2D eigenvalue weighted by Crippen LogP contribution is 2.30. The standard InChI is InChI=1S/C20H26ClN3O4/c1-23(12-18(25)22-16-10-14(21)7-8-17(16)28-2)20(27)13-9-19(26)24(11-13)15-5-3-4-6-15/h7-8,10,13,15H,3-6,9,11-12H2,1-2H3,(H,22,25)/t13-/m0/s1. The summed E-state index contributed by atoms with van der Waals surface area (Å²) in [5, 5.41) is 3.19. The minimum Gasteiger partial charge on any atom is -0.495 e. The molecule has 1 aliphatic carbocycles. The molecule has 1 heterocycles. The van der Waals surface area contributed by atoms with E-state index < -0.39 is 0 Å². The van der Waals surface area contributed by atoms with E-state index in [0.29, 0.717) is 23.0 Å². The quantitative estimate of drug-likeness (QED) is 0.785. The van der Waals surface area contributed by atoms with Gasteiger partial charge in [-0.15, -0.1) is 0 Å². The normalized spacial score (nSPS) is 19.8. The first-order valence-electron chi connectivity index (χ1n) is 9.57. The summed E-state index contributed by atoms with van der Waals surface area (Å²) in [4.78, 5) is 40.7. The molecule has 0 aromatic heterocycles. The maximum absolute atomic E-state index is 12.7. The summed E-state index contributed by atoms with van der Waals surface area (Å²) in [7, 11) is 3.08. The van der Waals surface area contributed by atoms with Crippen LogP contribution in [0.25, 0.3) is 0 Å². The Hall–Kier alpha value is -2.28. The van der Waals surface area contributed by atoms with Crippen LogP contribution in [0.1, 0.15) is 32.1 Å². The molecule has 1 N–H and O–H groups in total. The van der Waals surface area contributed by atoms with Crippen molar-refractivity contribution < 1.29 is 19.1 Å². The van der Waals surface area contributed by atoms with Crippen molar-refractivity contribution in [2.24, 2.45) is 5.92 Å². The summed E-state index contributed by atoms with van der Waals surface area (Å²) in [5.41, 5.74) is 0.448. The summed E-state index contributed by atoms with van der Waals surface area (Å²) < 4.78 is 5.21. The molecule has 1 aromatic carbocycles. The molecule has 1 atom stereocenters. The molecular formula is C20H26ClN3O4. The van der Waals surface area contributed by atoms with Gasteiger partial charge in [-0.2, -0.15) is 0 Å². The molecule has 1 aliphatic heterocycles. The second-order valence-corrected chi connectivity index (χ2v) is 7.91. The first-order valence-corrected chi connectivity index (χ1v) is 9.94. The van der Waals surface area contributed by atoms with Crippen LogP contribution in [0, 0.1) is 5.92 Å². The molecule has 1 saturated carbocycles. The summed E-state index contributed by atoms with van der Waals surface area (Å²) in [6.07, 6.45) is 4.54. The van der Waals surface area contributed by atoms with Crippen molar-refractivity contribution in [1.29, 1.82) is 0 Å². The number of anilines is 1. The van der Waals surface area contributed by atoms with Crippen LogP contribution >= 0.6 is 11.6 Å². The fraction of sp³-hybridized carbons (Fsp3) is 0.550. The first-order chi connectivity index (χ1) is 13.4. The molecule has 3 rings (SSSR count). The number of hydrogen-bond acceptors (Lipinski definition) is 4. The lowest BCUT2D eigenvalue weighted by molar-refractivity contribution is -0.137. The Morgan fingerprint density at radius 3 is 2.71 bits per heavy atom. The van der Waals surface area contributed by atoms with Gasteiger partial charge >= 0.3 is 0 Å². The topological polar surface area (TPSA) is 79.0 Å². The van der Waals surface area contributed by atoms with E-state index in [2.05, 4.69) is 5.32 Å². The number of likely N-dealkylation sites (tertiary alicyclic amines) is 1. The molecule has 152 valence electrons. The lowest BCUT2D eigenvalue weighted by atomic mass is 10.1. The predicted molar refractivity (Wildman–Crippen MR) is 106 cm³/mol. The number of rotatable bonds is 6. The molecule has 3 amide bonds. The van der Waals surface area contributed by atoms with Crippen molar-refractivity contribution in [3.8, 4) is 5.75 Å². The SMILES string of the molecule is COc1ccc(Cl)cc1NC(=O)CN(C)C(=O)[C@H]1CC(=O)N(C2CCCC2)C1. The Labute approximate surface area is 169 Å². The predicted octanol–water partition coefficient (Wildman–Crippen LogP) is 2.54. The van der Waals surface area contributed by atoms with E-state index in [1.165, 1.54) is 12.0 Å². The number of nitrogens with one attached hydrogen (secondary N) is 1. The monoisotopic (exact) mass is 407 g/mol. The van der Waals surface area contributed by atoms with Gasteiger partial charge in [0.05, 0.1) is 25.3 Å².